The van der Waals surface area contributed by atoms with Gasteiger partial charge in [0.1, 0.15) is 0 Å². The number of hydrogen-bond donors (Lipinski definition) is 1. The summed E-state index contributed by atoms with van der Waals surface area (Å²) >= 11 is 12.1. The Balaban J connectivity index is 1.86. The van der Waals surface area contributed by atoms with E-state index >= 15 is 0 Å². The highest BCUT2D eigenvalue weighted by molar-refractivity contribution is 6.42. The summed E-state index contributed by atoms with van der Waals surface area (Å²) in [4.78, 5) is 0. The summed E-state index contributed by atoms with van der Waals surface area (Å²) in [6, 6.07) is 12.2. The highest BCUT2D eigenvalue weighted by Gasteiger charge is 2.20. The van der Waals surface area contributed by atoms with Gasteiger partial charge in [-0.05, 0) is 59.6 Å². The fraction of sp³-hybridized carbons (Fsp3) is 0.294. The molecule has 0 radical (unpaired) electrons. The smallest absolute Gasteiger partial charge is 0.0681 e. The minimum Gasteiger partial charge on any atom is -0.392 e. The van der Waals surface area contributed by atoms with Crippen LogP contribution in [0.1, 0.15) is 34.6 Å². The molecule has 0 fully saturated rings. The van der Waals surface area contributed by atoms with Crippen molar-refractivity contribution < 1.29 is 5.11 Å². The lowest BCUT2D eigenvalue weighted by molar-refractivity contribution is 0.281. The molecule has 3 heteroatoms. The summed E-state index contributed by atoms with van der Waals surface area (Å²) < 4.78 is 0. The molecule has 1 nitrogen and oxygen atoms in total. The molecule has 0 spiro atoms. The van der Waals surface area contributed by atoms with Crippen molar-refractivity contribution in [3.63, 3.8) is 0 Å². The van der Waals surface area contributed by atoms with E-state index in [0.717, 1.165) is 24.8 Å². The summed E-state index contributed by atoms with van der Waals surface area (Å²) in [5.41, 5.74) is 5.01. The molecule has 0 saturated heterocycles. The molecule has 2 aromatic rings. The fourth-order valence-corrected chi connectivity index (χ4v) is 3.26. The normalized spacial score (nSPS) is 17.9. The van der Waals surface area contributed by atoms with Gasteiger partial charge in [0.2, 0.25) is 0 Å². The quantitative estimate of drug-likeness (QED) is 0.848. The second-order valence-corrected chi connectivity index (χ2v) is 6.19. The molecule has 2 aromatic carbocycles. The molecule has 1 atom stereocenters. The Morgan fingerprint density at radius 3 is 2.60 bits per heavy atom. The number of rotatable bonds is 2. The van der Waals surface area contributed by atoms with E-state index in [1.807, 2.05) is 18.2 Å². The van der Waals surface area contributed by atoms with Crippen LogP contribution in [0.4, 0.5) is 0 Å². The van der Waals surface area contributed by atoms with Gasteiger partial charge in [0.25, 0.3) is 0 Å². The Bertz CT molecular complexity index is 637. The van der Waals surface area contributed by atoms with E-state index in [1.165, 1.54) is 16.7 Å². The summed E-state index contributed by atoms with van der Waals surface area (Å²) in [5, 5.41) is 10.4. The third-order valence-corrected chi connectivity index (χ3v) is 4.84. The van der Waals surface area contributed by atoms with Crippen molar-refractivity contribution in [1.29, 1.82) is 0 Å². The molecule has 0 aromatic heterocycles. The molecule has 104 valence electrons. The fourth-order valence-electron chi connectivity index (χ4n) is 2.96. The van der Waals surface area contributed by atoms with Gasteiger partial charge < -0.3 is 5.11 Å². The molecule has 1 unspecified atom stereocenters. The summed E-state index contributed by atoms with van der Waals surface area (Å²) in [7, 11) is 0. The van der Waals surface area contributed by atoms with Crippen molar-refractivity contribution in [1.82, 2.24) is 0 Å². The molecule has 1 aliphatic carbocycles. The average molecular weight is 307 g/mol. The number of aliphatic hydroxyl groups excluding tert-OH is 1. The van der Waals surface area contributed by atoms with E-state index in [1.54, 1.807) is 0 Å². The minimum atomic E-state index is 0.115. The molecule has 0 aliphatic heterocycles. The predicted octanol–water partition coefficient (Wildman–Crippen LogP) is 4.76. The van der Waals surface area contributed by atoms with Gasteiger partial charge in [-0.15, -0.1) is 0 Å². The lowest BCUT2D eigenvalue weighted by atomic mass is 9.80. The third-order valence-electron chi connectivity index (χ3n) is 4.10. The lowest BCUT2D eigenvalue weighted by Crippen LogP contribution is -2.13. The van der Waals surface area contributed by atoms with E-state index in [0.29, 0.717) is 16.0 Å². The van der Waals surface area contributed by atoms with Crippen LogP contribution in [0, 0.1) is 0 Å². The van der Waals surface area contributed by atoms with Crippen LogP contribution < -0.4 is 0 Å². The molecule has 0 bridgehead atoms. The van der Waals surface area contributed by atoms with Crippen LogP contribution >= 0.6 is 23.2 Å². The SMILES string of the molecule is OCc1ccc2c(c1)CCC(c1ccc(Cl)c(Cl)c1)C2. The van der Waals surface area contributed by atoms with E-state index in [2.05, 4.69) is 18.2 Å². The van der Waals surface area contributed by atoms with Crippen molar-refractivity contribution in [2.24, 2.45) is 0 Å². The number of fused-ring (bicyclic) bond motifs is 1. The topological polar surface area (TPSA) is 20.2 Å². The van der Waals surface area contributed by atoms with Gasteiger partial charge >= 0.3 is 0 Å². The lowest BCUT2D eigenvalue weighted by Gasteiger charge is -2.25. The van der Waals surface area contributed by atoms with Crippen molar-refractivity contribution in [3.8, 4) is 0 Å². The largest absolute Gasteiger partial charge is 0.392 e. The number of benzene rings is 2. The Morgan fingerprint density at radius 1 is 1.00 bits per heavy atom. The Kier molecular flexibility index (Phi) is 4.02. The van der Waals surface area contributed by atoms with Crippen LogP contribution in [0.2, 0.25) is 10.0 Å². The molecule has 0 heterocycles. The Morgan fingerprint density at radius 2 is 1.85 bits per heavy atom. The van der Waals surface area contributed by atoms with Gasteiger partial charge in [-0.25, -0.2) is 0 Å². The average Bonchev–Trinajstić information content (AvgIpc) is 2.49. The Hall–Kier alpha value is -1.02. The predicted molar refractivity (Wildman–Crippen MR) is 83.6 cm³/mol. The van der Waals surface area contributed by atoms with Crippen molar-refractivity contribution >= 4 is 23.2 Å². The van der Waals surface area contributed by atoms with Crippen LogP contribution in [0.25, 0.3) is 0 Å². The third kappa shape index (κ3) is 2.71. The first-order valence-electron chi connectivity index (χ1n) is 6.84. The standard InChI is InChI=1S/C17H16Cl2O/c18-16-6-5-15(9-17(16)19)14-4-3-12-7-11(10-20)1-2-13(12)8-14/h1-2,5-7,9,14,20H,3-4,8,10H2. The van der Waals surface area contributed by atoms with Crippen LogP contribution in [0.5, 0.6) is 0 Å². The second-order valence-electron chi connectivity index (χ2n) is 5.37. The second kappa shape index (κ2) is 5.77. The Labute approximate surface area is 129 Å². The first-order chi connectivity index (χ1) is 9.67. The van der Waals surface area contributed by atoms with E-state index in [9.17, 15) is 5.11 Å². The summed E-state index contributed by atoms with van der Waals surface area (Å²) in [6.45, 7) is 0.115. The molecule has 3 rings (SSSR count). The van der Waals surface area contributed by atoms with E-state index < -0.39 is 0 Å². The monoisotopic (exact) mass is 306 g/mol. The van der Waals surface area contributed by atoms with Gasteiger partial charge in [0, 0.05) is 0 Å². The zero-order chi connectivity index (χ0) is 14.1. The summed E-state index contributed by atoms with van der Waals surface area (Å²) in [6.07, 6.45) is 3.19. The van der Waals surface area contributed by atoms with Crippen LogP contribution in [-0.2, 0) is 19.4 Å². The van der Waals surface area contributed by atoms with E-state index in [-0.39, 0.29) is 6.61 Å². The molecular weight excluding hydrogens is 291 g/mol. The first-order valence-corrected chi connectivity index (χ1v) is 7.59. The maximum atomic E-state index is 9.20. The zero-order valence-corrected chi connectivity index (χ0v) is 12.6. The zero-order valence-electron chi connectivity index (χ0n) is 11.1. The van der Waals surface area contributed by atoms with Crippen molar-refractivity contribution in [2.45, 2.75) is 31.8 Å². The van der Waals surface area contributed by atoms with Crippen molar-refractivity contribution in [2.75, 3.05) is 0 Å². The number of halogens is 2. The molecular formula is C17H16Cl2O. The van der Waals surface area contributed by atoms with Gasteiger partial charge in [-0.2, -0.15) is 0 Å². The minimum absolute atomic E-state index is 0.115. The maximum Gasteiger partial charge on any atom is 0.0681 e. The number of aliphatic hydroxyl groups is 1. The molecule has 0 amide bonds. The number of hydrogen-bond acceptors (Lipinski definition) is 1. The molecule has 0 saturated carbocycles. The van der Waals surface area contributed by atoms with Crippen LogP contribution in [0.3, 0.4) is 0 Å². The van der Waals surface area contributed by atoms with Crippen molar-refractivity contribution in [3.05, 3.63) is 68.7 Å². The van der Waals surface area contributed by atoms with Gasteiger partial charge in [0.15, 0.2) is 0 Å². The molecule has 20 heavy (non-hydrogen) atoms. The highest BCUT2D eigenvalue weighted by atomic mass is 35.5. The number of aryl methyl sites for hydroxylation is 1. The van der Waals surface area contributed by atoms with Gasteiger partial charge in [0.05, 0.1) is 16.7 Å². The van der Waals surface area contributed by atoms with Gasteiger partial charge in [-0.3, -0.25) is 0 Å². The summed E-state index contributed by atoms with van der Waals surface area (Å²) in [5.74, 6) is 0.497. The first kappa shape index (κ1) is 13.9. The maximum absolute atomic E-state index is 9.20. The molecule has 1 N–H and O–H groups in total. The van der Waals surface area contributed by atoms with Gasteiger partial charge in [-0.1, -0.05) is 47.5 Å². The highest BCUT2D eigenvalue weighted by Crippen LogP contribution is 2.35. The van der Waals surface area contributed by atoms with Crippen LogP contribution in [-0.4, -0.2) is 5.11 Å². The van der Waals surface area contributed by atoms with E-state index in [4.69, 9.17) is 23.2 Å². The van der Waals surface area contributed by atoms with Crippen LogP contribution in [0.15, 0.2) is 36.4 Å². The molecule has 1 aliphatic rings.